The average molecular weight is 422 g/mol. The molecular formula is C22H19FN4O2S. The number of aromatic nitrogens is 3. The van der Waals surface area contributed by atoms with Crippen LogP contribution in [0, 0.1) is 12.7 Å². The predicted molar refractivity (Wildman–Crippen MR) is 115 cm³/mol. The van der Waals surface area contributed by atoms with E-state index >= 15 is 0 Å². The normalized spacial score (nSPS) is 11.0. The maximum absolute atomic E-state index is 13.2. The van der Waals surface area contributed by atoms with Crippen molar-refractivity contribution in [2.75, 3.05) is 7.05 Å². The Labute approximate surface area is 176 Å². The first-order valence-electron chi connectivity index (χ1n) is 9.35. The van der Waals surface area contributed by atoms with Gasteiger partial charge in [-0.15, -0.1) is 11.3 Å². The third kappa shape index (κ3) is 4.13. The molecule has 0 aliphatic carbocycles. The smallest absolute Gasteiger partial charge is 0.258 e. The molecule has 0 fully saturated rings. The monoisotopic (exact) mass is 422 g/mol. The van der Waals surface area contributed by atoms with Crippen LogP contribution >= 0.6 is 11.3 Å². The van der Waals surface area contributed by atoms with Gasteiger partial charge in [0.2, 0.25) is 5.91 Å². The molecule has 0 aliphatic heterocycles. The van der Waals surface area contributed by atoms with Gasteiger partial charge in [0.1, 0.15) is 11.6 Å². The summed E-state index contributed by atoms with van der Waals surface area (Å²) in [6.07, 6.45) is 0.159. The van der Waals surface area contributed by atoms with E-state index in [4.69, 9.17) is 0 Å². The highest BCUT2D eigenvalue weighted by atomic mass is 32.1. The molecule has 2 aromatic heterocycles. The van der Waals surface area contributed by atoms with E-state index in [-0.39, 0.29) is 30.2 Å². The number of aromatic amines is 1. The van der Waals surface area contributed by atoms with Gasteiger partial charge in [0.25, 0.3) is 5.56 Å². The van der Waals surface area contributed by atoms with Crippen LogP contribution in [0.5, 0.6) is 0 Å². The number of aryl methyl sites for hydroxylation is 1. The summed E-state index contributed by atoms with van der Waals surface area (Å²) in [6, 6.07) is 13.2. The molecule has 0 aliphatic rings. The number of amides is 1. The van der Waals surface area contributed by atoms with E-state index in [9.17, 15) is 14.0 Å². The fraction of sp³-hybridized carbons (Fsp3) is 0.182. The van der Waals surface area contributed by atoms with Gasteiger partial charge in [0, 0.05) is 17.5 Å². The van der Waals surface area contributed by atoms with Gasteiger partial charge in [-0.25, -0.2) is 14.4 Å². The number of thiazole rings is 1. The number of hydrogen-bond acceptors (Lipinski definition) is 5. The molecule has 0 saturated heterocycles. The number of carbonyl (C=O) groups is 1. The minimum atomic E-state index is -0.320. The molecular weight excluding hydrogens is 403 g/mol. The van der Waals surface area contributed by atoms with Crippen LogP contribution in [0.25, 0.3) is 22.2 Å². The van der Waals surface area contributed by atoms with E-state index in [1.54, 1.807) is 37.4 Å². The second-order valence-corrected chi connectivity index (χ2v) is 8.26. The summed E-state index contributed by atoms with van der Waals surface area (Å²) in [5.41, 5.74) is 1.82. The Kier molecular flexibility index (Phi) is 5.41. The van der Waals surface area contributed by atoms with E-state index in [0.717, 1.165) is 15.4 Å². The number of H-pyrrole nitrogens is 1. The molecule has 4 aromatic rings. The maximum atomic E-state index is 13.2. The summed E-state index contributed by atoms with van der Waals surface area (Å²) in [5.74, 6) is -0.0217. The third-order valence-corrected chi connectivity index (χ3v) is 5.68. The molecule has 0 saturated carbocycles. The van der Waals surface area contributed by atoms with Crippen LogP contribution < -0.4 is 5.56 Å². The van der Waals surface area contributed by atoms with Crippen molar-refractivity contribution >= 4 is 28.1 Å². The van der Waals surface area contributed by atoms with Crippen molar-refractivity contribution in [1.82, 2.24) is 19.9 Å². The summed E-state index contributed by atoms with van der Waals surface area (Å²) < 4.78 is 13.2. The van der Waals surface area contributed by atoms with Gasteiger partial charge in [-0.2, -0.15) is 0 Å². The van der Waals surface area contributed by atoms with Crippen molar-refractivity contribution in [3.63, 3.8) is 0 Å². The molecule has 0 bridgehead atoms. The molecule has 152 valence electrons. The molecule has 1 amide bonds. The lowest BCUT2D eigenvalue weighted by Gasteiger charge is -2.16. The van der Waals surface area contributed by atoms with Crippen molar-refractivity contribution in [3.05, 3.63) is 80.4 Å². The third-order valence-electron chi connectivity index (χ3n) is 4.71. The fourth-order valence-corrected chi connectivity index (χ4v) is 4.17. The highest BCUT2D eigenvalue weighted by molar-refractivity contribution is 7.12. The van der Waals surface area contributed by atoms with Crippen molar-refractivity contribution in [2.24, 2.45) is 0 Å². The van der Waals surface area contributed by atoms with Gasteiger partial charge in [-0.05, 0) is 43.3 Å². The van der Waals surface area contributed by atoms with Gasteiger partial charge in [-0.3, -0.25) is 9.59 Å². The zero-order chi connectivity index (χ0) is 21.3. The van der Waals surface area contributed by atoms with E-state index < -0.39 is 0 Å². The zero-order valence-electron chi connectivity index (χ0n) is 16.5. The van der Waals surface area contributed by atoms with Crippen LogP contribution in [0.2, 0.25) is 0 Å². The van der Waals surface area contributed by atoms with Crippen LogP contribution in [0.4, 0.5) is 4.39 Å². The number of halogens is 1. The molecule has 0 radical (unpaired) electrons. The number of nitrogens with zero attached hydrogens (tertiary/aromatic N) is 3. The summed E-state index contributed by atoms with van der Waals surface area (Å²) in [5, 5.41) is 1.35. The molecule has 1 N–H and O–H groups in total. The fourth-order valence-electron chi connectivity index (χ4n) is 3.22. The van der Waals surface area contributed by atoms with Gasteiger partial charge < -0.3 is 9.88 Å². The first-order chi connectivity index (χ1) is 14.4. The Balaban J connectivity index is 1.53. The molecule has 8 heteroatoms. The van der Waals surface area contributed by atoms with Crippen LogP contribution in [0.15, 0.2) is 53.3 Å². The SMILES string of the molecule is Cc1nc(-c2ccc(F)cc2)c(CC(=O)N(C)Cc2nc3ccccc3c(=O)[nH]2)s1. The molecule has 2 aromatic carbocycles. The summed E-state index contributed by atoms with van der Waals surface area (Å²) in [6.45, 7) is 2.06. The number of para-hydroxylation sites is 1. The summed E-state index contributed by atoms with van der Waals surface area (Å²) >= 11 is 1.44. The Morgan fingerprint density at radius 1 is 1.13 bits per heavy atom. The molecule has 0 unspecified atom stereocenters. The largest absolute Gasteiger partial charge is 0.338 e. The van der Waals surface area contributed by atoms with Crippen molar-refractivity contribution < 1.29 is 9.18 Å². The first-order valence-corrected chi connectivity index (χ1v) is 10.2. The van der Waals surface area contributed by atoms with Crippen LogP contribution in [-0.2, 0) is 17.8 Å². The van der Waals surface area contributed by atoms with Gasteiger partial charge in [0.15, 0.2) is 0 Å². The van der Waals surface area contributed by atoms with E-state index in [1.165, 1.54) is 28.4 Å². The predicted octanol–water partition coefficient (Wildman–Crippen LogP) is 3.70. The van der Waals surface area contributed by atoms with Gasteiger partial charge in [-0.1, -0.05) is 12.1 Å². The molecule has 2 heterocycles. The number of fused-ring (bicyclic) bond motifs is 1. The second kappa shape index (κ2) is 8.16. The van der Waals surface area contributed by atoms with E-state index in [2.05, 4.69) is 15.0 Å². The van der Waals surface area contributed by atoms with Gasteiger partial charge in [0.05, 0.1) is 34.6 Å². The molecule has 30 heavy (non-hydrogen) atoms. The lowest BCUT2D eigenvalue weighted by atomic mass is 10.1. The zero-order valence-corrected chi connectivity index (χ0v) is 17.3. The minimum Gasteiger partial charge on any atom is -0.338 e. The maximum Gasteiger partial charge on any atom is 0.258 e. The number of nitrogens with one attached hydrogen (secondary N) is 1. The topological polar surface area (TPSA) is 79.0 Å². The standard InChI is InChI=1S/C22H19FN4O2S/c1-13-24-21(14-7-9-15(23)10-8-14)18(30-13)11-20(28)27(2)12-19-25-17-6-4-3-5-16(17)22(29)26-19/h3-10H,11-12H2,1-2H3,(H,25,26,29). The Morgan fingerprint density at radius 2 is 1.87 bits per heavy atom. The molecule has 6 nitrogen and oxygen atoms in total. The van der Waals surface area contributed by atoms with Gasteiger partial charge >= 0.3 is 0 Å². The Bertz CT molecular complexity index is 1280. The summed E-state index contributed by atoms with van der Waals surface area (Å²) in [7, 11) is 1.67. The molecule has 4 rings (SSSR count). The van der Waals surface area contributed by atoms with Crippen molar-refractivity contribution in [3.8, 4) is 11.3 Å². The Morgan fingerprint density at radius 3 is 2.63 bits per heavy atom. The number of likely N-dealkylation sites (N-methyl/N-ethyl adjacent to an activating group) is 1. The molecule has 0 atom stereocenters. The Hall–Kier alpha value is -3.39. The first kappa shape index (κ1) is 19.9. The van der Waals surface area contributed by atoms with Crippen LogP contribution in [0.1, 0.15) is 15.7 Å². The number of hydrogen-bond donors (Lipinski definition) is 1. The average Bonchev–Trinajstić information content (AvgIpc) is 3.08. The molecule has 0 spiro atoms. The highest BCUT2D eigenvalue weighted by Gasteiger charge is 2.18. The van der Waals surface area contributed by atoms with E-state index in [0.29, 0.717) is 22.4 Å². The van der Waals surface area contributed by atoms with Crippen molar-refractivity contribution in [1.29, 1.82) is 0 Å². The number of benzene rings is 2. The van der Waals surface area contributed by atoms with E-state index in [1.807, 2.05) is 13.0 Å². The second-order valence-electron chi connectivity index (χ2n) is 6.97. The van der Waals surface area contributed by atoms with Crippen molar-refractivity contribution in [2.45, 2.75) is 19.9 Å². The van der Waals surface area contributed by atoms with Crippen LogP contribution in [-0.4, -0.2) is 32.8 Å². The lowest BCUT2D eigenvalue weighted by Crippen LogP contribution is -2.29. The minimum absolute atomic E-state index is 0.127. The van der Waals surface area contributed by atoms with Crippen LogP contribution in [0.3, 0.4) is 0 Å². The highest BCUT2D eigenvalue weighted by Crippen LogP contribution is 2.29. The lowest BCUT2D eigenvalue weighted by molar-refractivity contribution is -0.129. The summed E-state index contributed by atoms with van der Waals surface area (Å²) in [4.78, 5) is 39.1. The number of rotatable bonds is 5. The number of carbonyl (C=O) groups excluding carboxylic acids is 1. The quantitative estimate of drug-likeness (QED) is 0.532.